The van der Waals surface area contributed by atoms with E-state index in [4.69, 9.17) is 17.5 Å². The van der Waals surface area contributed by atoms with E-state index < -0.39 is 10.4 Å². The van der Waals surface area contributed by atoms with E-state index in [1.807, 2.05) is 0 Å². The molecule has 0 aliphatic rings. The summed E-state index contributed by atoms with van der Waals surface area (Å²) in [6.45, 7) is 0. The molecule has 0 aromatic carbocycles. The molecule has 0 saturated carbocycles. The van der Waals surface area contributed by atoms with Crippen molar-refractivity contribution in [3.8, 4) is 0 Å². The zero-order valence-corrected chi connectivity index (χ0v) is 11.8. The van der Waals surface area contributed by atoms with E-state index in [9.17, 15) is 0 Å². The molecule has 0 radical (unpaired) electrons. The van der Waals surface area contributed by atoms with Crippen LogP contribution in [0.5, 0.6) is 0 Å². The Kier molecular flexibility index (Phi) is 26.4. The third-order valence-corrected chi connectivity index (χ3v) is 0. The fourth-order valence-corrected chi connectivity index (χ4v) is 0. The first-order valence-corrected chi connectivity index (χ1v) is 2.00. The first-order valence-electron chi connectivity index (χ1n) is 0.667. The molecule has 0 saturated heterocycles. The smallest absolute Gasteiger partial charge is 1.00 e. The van der Waals surface area contributed by atoms with Crippen LogP contribution in [0.4, 0.5) is 0 Å². The van der Waals surface area contributed by atoms with Crippen molar-refractivity contribution < 1.29 is 101 Å². The Morgan fingerprint density at radius 2 is 1.12 bits per heavy atom. The molecule has 0 aromatic heterocycles. The molecule has 8 heteroatoms. The monoisotopic (exact) mass is 234 g/mol. The minimum absolute atomic E-state index is 0. The van der Waals surface area contributed by atoms with Gasteiger partial charge >= 0.3 is 70.9 Å². The van der Waals surface area contributed by atoms with Gasteiger partial charge in [-0.2, -0.15) is 0 Å². The van der Waals surface area contributed by atoms with Crippen LogP contribution < -0.4 is 63.8 Å². The molecule has 0 bridgehead atoms. The molecule has 0 aliphatic carbocycles. The maximum Gasteiger partial charge on any atom is 2.00 e. The van der Waals surface area contributed by atoms with Gasteiger partial charge in [-0.25, -0.2) is 0 Å². The van der Waals surface area contributed by atoms with Crippen LogP contribution in [0.1, 0.15) is 0 Å². The summed E-state index contributed by atoms with van der Waals surface area (Å²) in [5.74, 6) is 0. The Labute approximate surface area is 109 Å². The van der Waals surface area contributed by atoms with Crippen molar-refractivity contribution in [1.29, 1.82) is 0 Å². The maximum atomic E-state index is 8.52. The first kappa shape index (κ1) is 22.4. The van der Waals surface area contributed by atoms with E-state index in [-0.39, 0.29) is 83.3 Å². The molecule has 0 aliphatic heterocycles. The molecule has 0 amide bonds. The van der Waals surface area contributed by atoms with Gasteiger partial charge in [-0.15, -0.1) is 0 Å². The average Bonchev–Trinajstić information content (AvgIpc) is 0.722. The van der Waals surface area contributed by atoms with Gasteiger partial charge in [-0.1, -0.05) is 0 Å². The molecule has 0 unspecified atom stereocenters. The summed E-state index contributed by atoms with van der Waals surface area (Å²) in [5, 5.41) is 0. The number of hydrogen-bond donors (Lipinski definition) is 0. The van der Waals surface area contributed by atoms with Crippen LogP contribution in [-0.4, -0.2) is 17.5 Å². The summed E-state index contributed by atoms with van der Waals surface area (Å²) >= 11 is 0. The van der Waals surface area contributed by atoms with Crippen molar-refractivity contribution in [3.05, 3.63) is 0 Å². The molecule has 0 N–H and O–H groups in total. The van der Waals surface area contributed by atoms with Gasteiger partial charge in [0.15, 0.2) is 0 Å². The number of rotatable bonds is 0. The zero-order chi connectivity index (χ0) is 4.50. The summed E-state index contributed by atoms with van der Waals surface area (Å²) in [5.41, 5.74) is 0. The van der Waals surface area contributed by atoms with Gasteiger partial charge in [0.05, 0.1) is 0 Å². The molecule has 0 aromatic rings. The molecule has 0 fully saturated rings. The molecule has 0 spiro atoms. The van der Waals surface area contributed by atoms with Gasteiger partial charge in [0.25, 0.3) is 0 Å². The maximum absolute atomic E-state index is 8.52. The van der Waals surface area contributed by atoms with Crippen LogP contribution in [0.2, 0.25) is 0 Å². The standard InChI is InChI=1S/ClH.K.H2O4S.Zn/c;;1-5(2,3)4;/h1H;;(H2,1,2,3,4);/q;+1;;+2/p-3. The quantitative estimate of drug-likeness (QED) is 0.238. The Bertz CT molecular complexity index is 99.2. The number of hydrogen-bond acceptors (Lipinski definition) is 4. The van der Waals surface area contributed by atoms with Gasteiger partial charge in [-0.05, 0) is 0 Å². The second-order valence-electron chi connectivity index (χ2n) is 0.408. The van der Waals surface area contributed by atoms with Crippen LogP contribution >= 0.6 is 0 Å². The van der Waals surface area contributed by atoms with Crippen LogP contribution in [-0.2, 0) is 29.9 Å². The topological polar surface area (TPSA) is 80.3 Å². The Balaban J connectivity index is -0.0000000267. The zero-order valence-electron chi connectivity index (χ0n) is 4.13. The average molecular weight is 236 g/mol. The summed E-state index contributed by atoms with van der Waals surface area (Å²) in [6.07, 6.45) is 0. The second-order valence-corrected chi connectivity index (χ2v) is 1.22. The van der Waals surface area contributed by atoms with Gasteiger partial charge < -0.3 is 21.5 Å². The molecule has 40 valence electrons. The predicted octanol–water partition coefficient (Wildman–Crippen LogP) is -7.33. The van der Waals surface area contributed by atoms with E-state index in [1.165, 1.54) is 0 Å². The third-order valence-electron chi connectivity index (χ3n) is 0. The van der Waals surface area contributed by atoms with Crippen LogP contribution in [0.25, 0.3) is 0 Å². The fourth-order valence-electron chi connectivity index (χ4n) is 0. The van der Waals surface area contributed by atoms with Gasteiger partial charge in [-0.3, -0.25) is 8.42 Å². The molecule has 4 nitrogen and oxygen atoms in total. The molecule has 8 heavy (non-hydrogen) atoms. The van der Waals surface area contributed by atoms with Crippen molar-refractivity contribution in [1.82, 2.24) is 0 Å². The minimum atomic E-state index is -5.17. The molecule has 0 rings (SSSR count). The third kappa shape index (κ3) is 79.2. The SMILES string of the molecule is O=S(=O)([O-])[O-].[Cl-].[K+].[Zn+2]. The minimum Gasteiger partial charge on any atom is -1.00 e. The Morgan fingerprint density at radius 3 is 1.12 bits per heavy atom. The van der Waals surface area contributed by atoms with E-state index in [0.29, 0.717) is 0 Å². The van der Waals surface area contributed by atoms with Gasteiger partial charge in [0, 0.05) is 10.4 Å². The molecular weight excluding hydrogens is 236 g/mol. The van der Waals surface area contributed by atoms with E-state index in [0.717, 1.165) is 0 Å². The fraction of sp³-hybridized carbons (Fsp3) is 0. The summed E-state index contributed by atoms with van der Waals surface area (Å²) in [7, 11) is -5.17. The molecule has 0 heterocycles. The Morgan fingerprint density at radius 1 is 1.12 bits per heavy atom. The molecule has 0 atom stereocenters. The van der Waals surface area contributed by atoms with E-state index >= 15 is 0 Å². The summed E-state index contributed by atoms with van der Waals surface area (Å²) < 4.78 is 34.1. The van der Waals surface area contributed by atoms with E-state index in [2.05, 4.69) is 0 Å². The van der Waals surface area contributed by atoms with Crippen LogP contribution in [0.15, 0.2) is 0 Å². The van der Waals surface area contributed by atoms with Crippen LogP contribution in [0, 0.1) is 0 Å². The first-order chi connectivity index (χ1) is 2.00. The van der Waals surface area contributed by atoms with Crippen molar-refractivity contribution >= 4 is 10.4 Å². The summed E-state index contributed by atoms with van der Waals surface area (Å²) in [4.78, 5) is 0. The molecular formula is ClKO4SZn. The largest absolute Gasteiger partial charge is 2.00 e. The van der Waals surface area contributed by atoms with Crippen molar-refractivity contribution in [2.24, 2.45) is 0 Å². The van der Waals surface area contributed by atoms with Crippen molar-refractivity contribution in [3.63, 3.8) is 0 Å². The predicted molar refractivity (Wildman–Crippen MR) is 10.5 cm³/mol. The Hall–Kier alpha value is 2.42. The van der Waals surface area contributed by atoms with E-state index in [1.54, 1.807) is 0 Å². The van der Waals surface area contributed by atoms with Crippen molar-refractivity contribution in [2.45, 2.75) is 0 Å². The second kappa shape index (κ2) is 9.42. The van der Waals surface area contributed by atoms with Crippen molar-refractivity contribution in [2.75, 3.05) is 0 Å². The van der Waals surface area contributed by atoms with Crippen LogP contribution in [0.3, 0.4) is 0 Å². The summed E-state index contributed by atoms with van der Waals surface area (Å²) in [6, 6.07) is 0. The van der Waals surface area contributed by atoms with Gasteiger partial charge in [0.1, 0.15) is 0 Å². The number of halogens is 1. The van der Waals surface area contributed by atoms with Gasteiger partial charge in [0.2, 0.25) is 0 Å². The normalized spacial score (nSPS) is 7.25.